The van der Waals surface area contributed by atoms with Crippen molar-refractivity contribution >= 4 is 23.2 Å². The Morgan fingerprint density at radius 2 is 1.95 bits per heavy atom. The fraction of sp³-hybridized carbons (Fsp3) is 0.423. The van der Waals surface area contributed by atoms with Gasteiger partial charge in [-0.1, -0.05) is 0 Å². The van der Waals surface area contributed by atoms with Crippen LogP contribution in [0.4, 0.5) is 14.9 Å². The van der Waals surface area contributed by atoms with Crippen LogP contribution >= 0.6 is 0 Å². The zero-order valence-corrected chi connectivity index (χ0v) is 22.0. The van der Waals surface area contributed by atoms with E-state index >= 15 is 0 Å². The van der Waals surface area contributed by atoms with Crippen LogP contribution < -0.4 is 16.0 Å². The number of alkyl carbamates (subject to hydrolysis) is 1. The molecule has 3 aromatic heterocycles. The molecule has 0 spiro atoms. The van der Waals surface area contributed by atoms with E-state index < -0.39 is 29.3 Å². The highest BCUT2D eigenvalue weighted by atomic mass is 19.1. The maximum atomic E-state index is 14.3. The van der Waals surface area contributed by atoms with Gasteiger partial charge in [0.1, 0.15) is 12.2 Å². The summed E-state index contributed by atoms with van der Waals surface area (Å²) in [6, 6.07) is 9.05. The van der Waals surface area contributed by atoms with Gasteiger partial charge in [0.05, 0.1) is 59.2 Å². The van der Waals surface area contributed by atoms with Crippen molar-refractivity contribution in [2.45, 2.75) is 51.4 Å². The second kappa shape index (κ2) is 11.4. The van der Waals surface area contributed by atoms with Crippen molar-refractivity contribution in [1.82, 2.24) is 25.2 Å². The number of halogens is 1. The first-order chi connectivity index (χ1) is 17.8. The van der Waals surface area contributed by atoms with Gasteiger partial charge in [0.2, 0.25) is 0 Å². The molecule has 0 aliphatic rings. The minimum Gasteiger partial charge on any atom is -0.453 e. The number of aromatic nitrogens is 3. The molecule has 0 unspecified atom stereocenters. The Morgan fingerprint density at radius 1 is 1.21 bits per heavy atom. The number of carbonyl (C=O) groups is 2. The topological polar surface area (TPSA) is 154 Å². The maximum absolute atomic E-state index is 14.3. The molecule has 3 heterocycles. The third-order valence-corrected chi connectivity index (χ3v) is 5.93. The highest BCUT2D eigenvalue weighted by molar-refractivity contribution is 6.00. The molecule has 4 N–H and O–H groups in total. The minimum absolute atomic E-state index is 0.172. The van der Waals surface area contributed by atoms with Crippen molar-refractivity contribution < 1.29 is 23.8 Å². The van der Waals surface area contributed by atoms with Crippen molar-refractivity contribution in [3.05, 3.63) is 47.8 Å². The molecule has 0 aromatic carbocycles. The molecule has 202 valence electrons. The first kappa shape index (κ1) is 28.3. The molecule has 0 aliphatic heterocycles. The Balaban J connectivity index is 1.94. The lowest BCUT2D eigenvalue weighted by Gasteiger charge is -2.29. The molecule has 0 bridgehead atoms. The molecule has 2 amide bonds. The van der Waals surface area contributed by atoms with E-state index in [-0.39, 0.29) is 12.1 Å². The zero-order chi connectivity index (χ0) is 28.1. The third-order valence-electron chi connectivity index (χ3n) is 5.93. The summed E-state index contributed by atoms with van der Waals surface area (Å²) in [5, 5.41) is 31.8. The molecule has 11 nitrogen and oxygen atoms in total. The average molecular weight is 526 g/mol. The lowest BCUT2D eigenvalue weighted by Crippen LogP contribution is -2.42. The molecule has 3 rings (SSSR count). The molecule has 0 fully saturated rings. The Hall–Kier alpha value is -4.24. The van der Waals surface area contributed by atoms with E-state index in [1.165, 1.54) is 33.4 Å². The number of methoxy groups -OCH3 is 1. The van der Waals surface area contributed by atoms with Crippen molar-refractivity contribution in [2.24, 2.45) is 0 Å². The van der Waals surface area contributed by atoms with Crippen LogP contribution in [0.25, 0.3) is 16.9 Å². The van der Waals surface area contributed by atoms with Crippen molar-refractivity contribution in [3.63, 3.8) is 0 Å². The van der Waals surface area contributed by atoms with Crippen LogP contribution in [0, 0.1) is 11.3 Å². The molecule has 38 heavy (non-hydrogen) atoms. The molecule has 0 saturated carbocycles. The van der Waals surface area contributed by atoms with Crippen molar-refractivity contribution in [1.29, 1.82) is 5.26 Å². The van der Waals surface area contributed by atoms with Gasteiger partial charge in [0.25, 0.3) is 5.91 Å². The molecule has 0 aliphatic carbocycles. The van der Waals surface area contributed by atoms with Crippen LogP contribution in [0.1, 0.15) is 50.0 Å². The van der Waals surface area contributed by atoms with Gasteiger partial charge in [-0.3, -0.25) is 9.78 Å². The molecular weight excluding hydrogens is 493 g/mol. The smallest absolute Gasteiger partial charge is 0.406 e. The van der Waals surface area contributed by atoms with Gasteiger partial charge in [-0.2, -0.15) is 10.4 Å². The standard InChI is InChI=1S/C26H32FN7O4/c1-25(2,8-9-29-24(36)38-5)33-19-11-20(21-7-6-17-10-16(12-28)13-32-34(17)21)30-14-18(19)23(35)31-15-22(27)26(3,4)37/h6-7,10-11,13-14,22,37H,8-9,15H2,1-5H3,(H,29,36)(H,30,33)(H,31,35)/t22-/m1/s1. The van der Waals surface area contributed by atoms with Crippen molar-refractivity contribution in [2.75, 3.05) is 25.5 Å². The second-order valence-electron chi connectivity index (χ2n) is 10.0. The summed E-state index contributed by atoms with van der Waals surface area (Å²) in [6.07, 6.45) is 1.10. The number of hydrogen-bond donors (Lipinski definition) is 4. The predicted molar refractivity (Wildman–Crippen MR) is 139 cm³/mol. The SMILES string of the molecule is COC(=O)NCCC(C)(C)Nc1cc(-c2ccc3cc(C#N)cnn23)ncc1C(=O)NC[C@@H](F)C(C)(C)O. The number of nitrogens with zero attached hydrogens (tertiary/aromatic N) is 4. The van der Waals surface area contributed by atoms with Crippen molar-refractivity contribution in [3.8, 4) is 17.5 Å². The Labute approximate surface area is 220 Å². The van der Waals surface area contributed by atoms with E-state index in [1.807, 2.05) is 13.8 Å². The largest absolute Gasteiger partial charge is 0.453 e. The maximum Gasteiger partial charge on any atom is 0.406 e. The summed E-state index contributed by atoms with van der Waals surface area (Å²) in [5.74, 6) is -0.571. The van der Waals surface area contributed by atoms with Gasteiger partial charge >= 0.3 is 6.09 Å². The third kappa shape index (κ3) is 6.95. The molecule has 0 saturated heterocycles. The summed E-state index contributed by atoms with van der Waals surface area (Å²) in [4.78, 5) is 28.9. The predicted octanol–water partition coefficient (Wildman–Crippen LogP) is 3.04. The number of alkyl halides is 1. The number of hydrogen-bond acceptors (Lipinski definition) is 8. The second-order valence-corrected chi connectivity index (χ2v) is 10.0. The summed E-state index contributed by atoms with van der Waals surface area (Å²) in [6.45, 7) is 6.38. The number of amides is 2. The average Bonchev–Trinajstić information content (AvgIpc) is 3.29. The van der Waals surface area contributed by atoms with Crippen LogP contribution in [0.15, 0.2) is 36.7 Å². The minimum atomic E-state index is -1.67. The highest BCUT2D eigenvalue weighted by Crippen LogP contribution is 2.28. The van der Waals surface area contributed by atoms with Gasteiger partial charge in [0, 0.05) is 18.3 Å². The fourth-order valence-corrected chi connectivity index (χ4v) is 3.64. The summed E-state index contributed by atoms with van der Waals surface area (Å²) in [7, 11) is 1.28. The van der Waals surface area contributed by atoms with E-state index in [4.69, 9.17) is 5.26 Å². The van der Waals surface area contributed by atoms with Gasteiger partial charge in [-0.05, 0) is 58.4 Å². The highest BCUT2D eigenvalue weighted by Gasteiger charge is 2.28. The van der Waals surface area contributed by atoms with E-state index in [9.17, 15) is 19.1 Å². The van der Waals surface area contributed by atoms with Crippen LogP contribution in [0.5, 0.6) is 0 Å². The Bertz CT molecular complexity index is 1360. The number of anilines is 1. The van der Waals surface area contributed by atoms with Gasteiger partial charge in [0.15, 0.2) is 0 Å². The van der Waals surface area contributed by atoms with Gasteiger partial charge in [-0.15, -0.1) is 0 Å². The number of aliphatic hydroxyl groups is 1. The van der Waals surface area contributed by atoms with E-state index in [2.05, 4.69) is 36.8 Å². The Kier molecular flexibility index (Phi) is 8.53. The lowest BCUT2D eigenvalue weighted by molar-refractivity contribution is -0.00177. The molecule has 1 atom stereocenters. The summed E-state index contributed by atoms with van der Waals surface area (Å²) in [5.41, 5.74) is 0.658. The van der Waals surface area contributed by atoms with Gasteiger partial charge in [-0.25, -0.2) is 13.7 Å². The fourth-order valence-electron chi connectivity index (χ4n) is 3.64. The monoisotopic (exact) mass is 525 g/mol. The zero-order valence-electron chi connectivity index (χ0n) is 22.0. The number of nitrogens with one attached hydrogen (secondary N) is 3. The normalized spacial score (nSPS) is 12.5. The van der Waals surface area contributed by atoms with Crippen LogP contribution in [-0.2, 0) is 4.74 Å². The van der Waals surface area contributed by atoms with E-state index in [0.717, 1.165) is 0 Å². The number of fused-ring (bicyclic) bond motifs is 1. The van der Waals surface area contributed by atoms with Crippen LogP contribution in [0.3, 0.4) is 0 Å². The molecular formula is C26H32FN7O4. The summed E-state index contributed by atoms with van der Waals surface area (Å²) >= 11 is 0. The first-order valence-electron chi connectivity index (χ1n) is 12.0. The number of carbonyl (C=O) groups excluding carboxylic acids is 2. The van der Waals surface area contributed by atoms with Crippen LogP contribution in [0.2, 0.25) is 0 Å². The molecule has 0 radical (unpaired) electrons. The number of ether oxygens (including phenoxy) is 1. The molecule has 12 heteroatoms. The van der Waals surface area contributed by atoms with Crippen LogP contribution in [-0.4, -0.2) is 69.2 Å². The lowest BCUT2D eigenvalue weighted by atomic mass is 9.99. The molecule has 3 aromatic rings. The van der Waals surface area contributed by atoms with Gasteiger partial charge < -0.3 is 25.8 Å². The quantitative estimate of drug-likeness (QED) is 0.315. The van der Waals surface area contributed by atoms with E-state index in [0.29, 0.717) is 41.1 Å². The van der Waals surface area contributed by atoms with E-state index in [1.54, 1.807) is 28.8 Å². The Morgan fingerprint density at radius 3 is 2.61 bits per heavy atom. The summed E-state index contributed by atoms with van der Waals surface area (Å²) < 4.78 is 20.5. The number of pyridine rings is 1. The number of rotatable bonds is 10. The number of nitriles is 1. The first-order valence-corrected chi connectivity index (χ1v) is 12.0.